The molecule has 0 saturated carbocycles. The molecule has 2 N–H and O–H groups in total. The highest BCUT2D eigenvalue weighted by atomic mass is 35.5. The lowest BCUT2D eigenvalue weighted by molar-refractivity contribution is 0.0178. The number of aromatic nitrogens is 1. The van der Waals surface area contributed by atoms with Crippen molar-refractivity contribution in [3.05, 3.63) is 42.2 Å². The van der Waals surface area contributed by atoms with Crippen molar-refractivity contribution in [2.75, 3.05) is 5.88 Å². The van der Waals surface area contributed by atoms with Crippen LogP contribution in [0.3, 0.4) is 0 Å². The molecule has 0 aliphatic carbocycles. The summed E-state index contributed by atoms with van der Waals surface area (Å²) in [4.78, 5) is 4.03. The van der Waals surface area contributed by atoms with Crippen LogP contribution in [-0.4, -0.2) is 27.2 Å². The summed E-state index contributed by atoms with van der Waals surface area (Å²) in [5.74, 6) is 0.324. The van der Waals surface area contributed by atoms with E-state index in [1.807, 2.05) is 24.3 Å². The Labute approximate surface area is 105 Å². The van der Waals surface area contributed by atoms with Gasteiger partial charge in [-0.25, -0.2) is 0 Å². The van der Waals surface area contributed by atoms with Gasteiger partial charge in [-0.2, -0.15) is 0 Å². The van der Waals surface area contributed by atoms with E-state index in [4.69, 9.17) is 11.6 Å². The Balaban J connectivity index is 2.41. The van der Waals surface area contributed by atoms with Crippen molar-refractivity contribution in [1.82, 2.24) is 4.98 Å². The molecule has 2 rings (SSSR count). The van der Waals surface area contributed by atoms with Gasteiger partial charge in [0, 0.05) is 23.7 Å². The van der Waals surface area contributed by atoms with Gasteiger partial charge in [-0.15, -0.1) is 11.6 Å². The molecule has 0 aliphatic rings. The summed E-state index contributed by atoms with van der Waals surface area (Å²) in [6, 6.07) is 7.41. The average molecular weight is 252 g/mol. The zero-order chi connectivity index (χ0) is 12.3. The Morgan fingerprint density at radius 2 is 2.06 bits per heavy atom. The van der Waals surface area contributed by atoms with Gasteiger partial charge in [0.25, 0.3) is 0 Å². The molecule has 0 spiro atoms. The van der Waals surface area contributed by atoms with Crippen molar-refractivity contribution in [2.24, 2.45) is 0 Å². The van der Waals surface area contributed by atoms with E-state index in [2.05, 4.69) is 4.98 Å². The summed E-state index contributed by atoms with van der Waals surface area (Å²) in [6.45, 7) is 0. The van der Waals surface area contributed by atoms with Crippen molar-refractivity contribution >= 4 is 22.4 Å². The Bertz CT molecular complexity index is 498. The van der Waals surface area contributed by atoms with E-state index in [1.165, 1.54) is 0 Å². The minimum Gasteiger partial charge on any atom is -0.390 e. The van der Waals surface area contributed by atoms with Gasteiger partial charge in [-0.3, -0.25) is 4.98 Å². The van der Waals surface area contributed by atoms with Crippen molar-refractivity contribution in [1.29, 1.82) is 0 Å². The number of hydrogen-bond donors (Lipinski definition) is 2. The van der Waals surface area contributed by atoms with Crippen LogP contribution in [-0.2, 0) is 0 Å². The van der Waals surface area contributed by atoms with Gasteiger partial charge in [0.1, 0.15) is 6.10 Å². The van der Waals surface area contributed by atoms with Crippen LogP contribution in [0.2, 0.25) is 0 Å². The number of halogens is 1. The fourth-order valence-corrected chi connectivity index (χ4v) is 2.11. The minimum absolute atomic E-state index is 0.324. The molecule has 2 unspecified atom stereocenters. The Hall–Kier alpha value is -1.16. The standard InChI is InChI=1S/C13H14ClNO2/c14-6-4-12(16)13(17)11-3-1-2-9-8-15-7-5-10(9)11/h1-3,5,7-8,12-13,16-17H,4,6H2. The van der Waals surface area contributed by atoms with Crippen LogP contribution in [0.4, 0.5) is 0 Å². The minimum atomic E-state index is -0.917. The molecular formula is C13H14ClNO2. The van der Waals surface area contributed by atoms with E-state index < -0.39 is 12.2 Å². The quantitative estimate of drug-likeness (QED) is 0.820. The number of pyridine rings is 1. The maximum atomic E-state index is 10.1. The SMILES string of the molecule is OC(CCCl)C(O)c1cccc2cnccc12. The molecule has 2 aromatic rings. The molecule has 2 atom stereocenters. The fraction of sp³-hybridized carbons (Fsp3) is 0.308. The van der Waals surface area contributed by atoms with Gasteiger partial charge in [0.2, 0.25) is 0 Å². The predicted molar refractivity (Wildman–Crippen MR) is 68.0 cm³/mol. The summed E-state index contributed by atoms with van der Waals surface area (Å²) in [7, 11) is 0. The second-order valence-electron chi connectivity index (χ2n) is 3.93. The maximum absolute atomic E-state index is 10.1. The Kier molecular flexibility index (Phi) is 3.94. The number of aliphatic hydroxyl groups is 2. The molecule has 3 nitrogen and oxygen atoms in total. The topological polar surface area (TPSA) is 53.4 Å². The lowest BCUT2D eigenvalue weighted by Crippen LogP contribution is -2.18. The van der Waals surface area contributed by atoms with Crippen molar-refractivity contribution in [3.8, 4) is 0 Å². The molecule has 17 heavy (non-hydrogen) atoms. The number of rotatable bonds is 4. The largest absolute Gasteiger partial charge is 0.390 e. The molecule has 0 radical (unpaired) electrons. The van der Waals surface area contributed by atoms with Crippen LogP contribution < -0.4 is 0 Å². The summed E-state index contributed by atoms with van der Waals surface area (Å²) in [5, 5.41) is 21.7. The average Bonchev–Trinajstić information content (AvgIpc) is 2.37. The van der Waals surface area contributed by atoms with Crippen LogP contribution >= 0.6 is 11.6 Å². The van der Waals surface area contributed by atoms with E-state index in [1.54, 1.807) is 12.4 Å². The fourth-order valence-electron chi connectivity index (χ4n) is 1.88. The van der Waals surface area contributed by atoms with Gasteiger partial charge < -0.3 is 10.2 Å². The third-order valence-electron chi connectivity index (χ3n) is 2.80. The van der Waals surface area contributed by atoms with E-state index in [9.17, 15) is 10.2 Å². The number of fused-ring (bicyclic) bond motifs is 1. The van der Waals surface area contributed by atoms with E-state index in [0.29, 0.717) is 17.9 Å². The zero-order valence-electron chi connectivity index (χ0n) is 9.25. The molecule has 0 bridgehead atoms. The van der Waals surface area contributed by atoms with Gasteiger partial charge in [-0.1, -0.05) is 18.2 Å². The second kappa shape index (κ2) is 5.45. The lowest BCUT2D eigenvalue weighted by Gasteiger charge is -2.18. The molecule has 4 heteroatoms. The van der Waals surface area contributed by atoms with Crippen molar-refractivity contribution in [2.45, 2.75) is 18.6 Å². The van der Waals surface area contributed by atoms with Crippen molar-refractivity contribution < 1.29 is 10.2 Å². The number of alkyl halides is 1. The molecule has 90 valence electrons. The highest BCUT2D eigenvalue weighted by molar-refractivity contribution is 6.17. The van der Waals surface area contributed by atoms with Crippen LogP contribution in [0.1, 0.15) is 18.1 Å². The molecule has 1 heterocycles. The predicted octanol–water partition coefficient (Wildman–Crippen LogP) is 2.26. The monoisotopic (exact) mass is 251 g/mol. The van der Waals surface area contributed by atoms with Gasteiger partial charge >= 0.3 is 0 Å². The zero-order valence-corrected chi connectivity index (χ0v) is 10.0. The molecule has 1 aromatic carbocycles. The summed E-state index contributed by atoms with van der Waals surface area (Å²) >= 11 is 5.57. The maximum Gasteiger partial charge on any atom is 0.105 e. The third kappa shape index (κ3) is 2.57. The first-order valence-electron chi connectivity index (χ1n) is 5.49. The van der Waals surface area contributed by atoms with Crippen LogP contribution in [0.25, 0.3) is 10.8 Å². The molecule has 1 aromatic heterocycles. The third-order valence-corrected chi connectivity index (χ3v) is 3.02. The summed E-state index contributed by atoms with van der Waals surface area (Å²) in [5.41, 5.74) is 0.711. The molecule has 0 saturated heterocycles. The summed E-state index contributed by atoms with van der Waals surface area (Å²) in [6.07, 6.45) is 2.02. The lowest BCUT2D eigenvalue weighted by atomic mass is 9.97. The smallest absolute Gasteiger partial charge is 0.105 e. The highest BCUT2D eigenvalue weighted by Gasteiger charge is 2.19. The number of aliphatic hydroxyl groups excluding tert-OH is 2. The molecule has 0 aliphatic heterocycles. The second-order valence-corrected chi connectivity index (χ2v) is 4.31. The van der Waals surface area contributed by atoms with Gasteiger partial charge in [-0.05, 0) is 23.4 Å². The normalized spacial score (nSPS) is 14.8. The van der Waals surface area contributed by atoms with E-state index in [0.717, 1.165) is 10.8 Å². The molecular weight excluding hydrogens is 238 g/mol. The van der Waals surface area contributed by atoms with Crippen LogP contribution in [0.5, 0.6) is 0 Å². The van der Waals surface area contributed by atoms with Crippen molar-refractivity contribution in [3.63, 3.8) is 0 Å². The van der Waals surface area contributed by atoms with Crippen LogP contribution in [0.15, 0.2) is 36.7 Å². The first kappa shape index (κ1) is 12.3. The summed E-state index contributed by atoms with van der Waals surface area (Å²) < 4.78 is 0. The number of hydrogen-bond acceptors (Lipinski definition) is 3. The Morgan fingerprint density at radius 1 is 1.24 bits per heavy atom. The molecule has 0 fully saturated rings. The Morgan fingerprint density at radius 3 is 2.82 bits per heavy atom. The first-order chi connectivity index (χ1) is 8.24. The first-order valence-corrected chi connectivity index (χ1v) is 6.02. The van der Waals surface area contributed by atoms with E-state index in [-0.39, 0.29) is 0 Å². The van der Waals surface area contributed by atoms with Gasteiger partial charge in [0.05, 0.1) is 6.10 Å². The van der Waals surface area contributed by atoms with E-state index >= 15 is 0 Å². The number of nitrogens with zero attached hydrogens (tertiary/aromatic N) is 1. The van der Waals surface area contributed by atoms with Crippen LogP contribution in [0, 0.1) is 0 Å². The highest BCUT2D eigenvalue weighted by Crippen LogP contribution is 2.26. The molecule has 0 amide bonds. The van der Waals surface area contributed by atoms with Gasteiger partial charge in [0.15, 0.2) is 0 Å². The number of benzene rings is 1.